The molecule has 0 bridgehead atoms. The average Bonchev–Trinajstić information content (AvgIpc) is 3.15. The lowest BCUT2D eigenvalue weighted by Crippen LogP contribution is -2.39. The van der Waals surface area contributed by atoms with Crippen LogP contribution in [0.5, 0.6) is 11.5 Å². The van der Waals surface area contributed by atoms with Crippen molar-refractivity contribution in [3.8, 4) is 11.5 Å². The highest BCUT2D eigenvalue weighted by atomic mass is 16.7. The van der Waals surface area contributed by atoms with Crippen LogP contribution < -0.4 is 20.1 Å². The molecule has 1 aliphatic rings. The zero-order valence-corrected chi connectivity index (χ0v) is 15.6. The summed E-state index contributed by atoms with van der Waals surface area (Å²) >= 11 is 0. The lowest BCUT2D eigenvalue weighted by molar-refractivity contribution is -0.120. The molecule has 0 radical (unpaired) electrons. The Kier molecular flexibility index (Phi) is 5.61. The minimum absolute atomic E-state index is 0.113. The fourth-order valence-corrected chi connectivity index (χ4v) is 2.75. The zero-order chi connectivity index (χ0) is 19.4. The van der Waals surface area contributed by atoms with Gasteiger partial charge >= 0.3 is 0 Å². The third kappa shape index (κ3) is 4.38. The van der Waals surface area contributed by atoms with Crippen LogP contribution in [0.3, 0.4) is 0 Å². The van der Waals surface area contributed by atoms with Crippen molar-refractivity contribution in [1.82, 2.24) is 10.2 Å². The molecule has 1 aliphatic heterocycles. The number of hydrogen-bond acceptors (Lipinski definition) is 5. The van der Waals surface area contributed by atoms with E-state index in [2.05, 4.69) is 10.6 Å². The van der Waals surface area contributed by atoms with E-state index in [0.717, 1.165) is 5.56 Å². The van der Waals surface area contributed by atoms with Gasteiger partial charge in [-0.3, -0.25) is 14.5 Å². The Bertz CT molecular complexity index is 836. The highest BCUT2D eigenvalue weighted by Gasteiger charge is 2.20. The van der Waals surface area contributed by atoms with E-state index < -0.39 is 0 Å². The molecule has 0 aromatic heterocycles. The van der Waals surface area contributed by atoms with Gasteiger partial charge in [0, 0.05) is 30.9 Å². The predicted molar refractivity (Wildman–Crippen MR) is 102 cm³/mol. The third-order valence-corrected chi connectivity index (χ3v) is 4.56. The molecule has 0 spiro atoms. The van der Waals surface area contributed by atoms with Crippen molar-refractivity contribution in [2.45, 2.75) is 19.5 Å². The maximum absolute atomic E-state index is 12.5. The number of rotatable bonds is 6. The summed E-state index contributed by atoms with van der Waals surface area (Å²) in [7, 11) is 3.49. The monoisotopic (exact) mass is 369 g/mol. The largest absolute Gasteiger partial charge is 0.454 e. The van der Waals surface area contributed by atoms with Crippen LogP contribution in [0.1, 0.15) is 22.8 Å². The Morgan fingerprint density at radius 3 is 2.52 bits per heavy atom. The average molecular weight is 369 g/mol. The van der Waals surface area contributed by atoms with E-state index >= 15 is 0 Å². The van der Waals surface area contributed by atoms with Crippen LogP contribution in [0.2, 0.25) is 0 Å². The first kappa shape index (κ1) is 18.7. The quantitative estimate of drug-likeness (QED) is 0.816. The molecule has 2 N–H and O–H groups in total. The molecule has 7 heteroatoms. The van der Waals surface area contributed by atoms with Gasteiger partial charge in [-0.15, -0.1) is 0 Å². The van der Waals surface area contributed by atoms with Gasteiger partial charge in [0.15, 0.2) is 11.5 Å². The number of amides is 2. The van der Waals surface area contributed by atoms with Gasteiger partial charge in [-0.2, -0.15) is 0 Å². The van der Waals surface area contributed by atoms with E-state index in [1.807, 2.05) is 31.0 Å². The van der Waals surface area contributed by atoms with E-state index in [1.54, 1.807) is 37.4 Å². The molecule has 2 amide bonds. The highest BCUT2D eigenvalue weighted by Crippen LogP contribution is 2.34. The standard InChI is InChI=1S/C20H23N3O4/c1-13(19(24)22-16-8-9-17-18(10-16)27-12-26-17)23(3)11-14-4-6-15(7-5-14)20(25)21-2/h4-10,13H,11-12H2,1-3H3,(H,21,25)(H,22,24)/t13-/m1/s1. The smallest absolute Gasteiger partial charge is 0.251 e. The number of likely N-dealkylation sites (N-methyl/N-ethyl adjacent to an activating group) is 1. The van der Waals surface area contributed by atoms with E-state index in [0.29, 0.717) is 29.3 Å². The van der Waals surface area contributed by atoms with E-state index in [1.165, 1.54) is 0 Å². The number of anilines is 1. The summed E-state index contributed by atoms with van der Waals surface area (Å²) in [4.78, 5) is 26.1. The first-order valence-electron chi connectivity index (χ1n) is 8.69. The molecule has 1 heterocycles. The topological polar surface area (TPSA) is 79.9 Å². The number of carbonyl (C=O) groups excluding carboxylic acids is 2. The number of ether oxygens (including phenoxy) is 2. The lowest BCUT2D eigenvalue weighted by atomic mass is 10.1. The molecule has 1 atom stereocenters. The van der Waals surface area contributed by atoms with Crippen molar-refractivity contribution in [2.24, 2.45) is 0 Å². The highest BCUT2D eigenvalue weighted by molar-refractivity contribution is 5.95. The summed E-state index contributed by atoms with van der Waals surface area (Å²) in [5.74, 6) is 1.08. The van der Waals surface area contributed by atoms with Crippen molar-refractivity contribution in [2.75, 3.05) is 26.2 Å². The Morgan fingerprint density at radius 1 is 1.11 bits per heavy atom. The molecular weight excluding hydrogens is 346 g/mol. The van der Waals surface area contributed by atoms with Crippen molar-refractivity contribution < 1.29 is 19.1 Å². The predicted octanol–water partition coefficient (Wildman–Crippen LogP) is 2.23. The Labute approximate surface area is 158 Å². The minimum Gasteiger partial charge on any atom is -0.454 e. The molecule has 0 fully saturated rings. The molecule has 2 aromatic carbocycles. The molecule has 0 saturated heterocycles. The van der Waals surface area contributed by atoms with Crippen LogP contribution in [0, 0.1) is 0 Å². The fourth-order valence-electron chi connectivity index (χ4n) is 2.75. The van der Waals surface area contributed by atoms with Crippen LogP contribution >= 0.6 is 0 Å². The molecule has 7 nitrogen and oxygen atoms in total. The first-order valence-corrected chi connectivity index (χ1v) is 8.69. The van der Waals surface area contributed by atoms with Gasteiger partial charge < -0.3 is 20.1 Å². The summed E-state index contributed by atoms with van der Waals surface area (Å²) in [6.07, 6.45) is 0. The molecule has 0 saturated carbocycles. The van der Waals surface area contributed by atoms with E-state index in [4.69, 9.17) is 9.47 Å². The van der Waals surface area contributed by atoms with Crippen molar-refractivity contribution in [1.29, 1.82) is 0 Å². The Morgan fingerprint density at radius 2 is 1.81 bits per heavy atom. The number of carbonyl (C=O) groups is 2. The normalized spacial score (nSPS) is 13.3. The summed E-state index contributed by atoms with van der Waals surface area (Å²) in [5.41, 5.74) is 2.30. The van der Waals surface area contributed by atoms with Gasteiger partial charge in [-0.25, -0.2) is 0 Å². The second-order valence-corrected chi connectivity index (χ2v) is 6.42. The fraction of sp³-hybridized carbons (Fsp3) is 0.300. The number of hydrogen-bond donors (Lipinski definition) is 2. The van der Waals surface area contributed by atoms with Crippen LogP contribution in [-0.2, 0) is 11.3 Å². The third-order valence-electron chi connectivity index (χ3n) is 4.56. The summed E-state index contributed by atoms with van der Waals surface area (Å²) in [5, 5.41) is 5.49. The van der Waals surface area contributed by atoms with Crippen LogP contribution in [0.25, 0.3) is 0 Å². The van der Waals surface area contributed by atoms with Gasteiger partial charge in [0.1, 0.15) is 0 Å². The number of nitrogens with zero attached hydrogens (tertiary/aromatic N) is 1. The van der Waals surface area contributed by atoms with Gasteiger partial charge in [0.2, 0.25) is 12.7 Å². The second-order valence-electron chi connectivity index (χ2n) is 6.42. The first-order chi connectivity index (χ1) is 13.0. The second kappa shape index (κ2) is 8.09. The molecular formula is C20H23N3O4. The molecule has 27 heavy (non-hydrogen) atoms. The van der Waals surface area contributed by atoms with Gasteiger partial charge in [0.25, 0.3) is 5.91 Å². The Hall–Kier alpha value is -3.06. The molecule has 0 aliphatic carbocycles. The summed E-state index contributed by atoms with van der Waals surface area (Å²) in [6.45, 7) is 2.63. The van der Waals surface area contributed by atoms with Crippen molar-refractivity contribution in [3.63, 3.8) is 0 Å². The number of benzene rings is 2. The summed E-state index contributed by atoms with van der Waals surface area (Å²) in [6, 6.07) is 12.3. The van der Waals surface area contributed by atoms with Gasteiger partial charge in [-0.1, -0.05) is 12.1 Å². The zero-order valence-electron chi connectivity index (χ0n) is 15.6. The van der Waals surface area contributed by atoms with E-state index in [9.17, 15) is 9.59 Å². The molecule has 142 valence electrons. The van der Waals surface area contributed by atoms with Crippen LogP contribution in [-0.4, -0.2) is 43.6 Å². The molecule has 0 unspecified atom stereocenters. The number of fused-ring (bicyclic) bond motifs is 1. The van der Waals surface area contributed by atoms with Gasteiger partial charge in [0.05, 0.1) is 6.04 Å². The van der Waals surface area contributed by atoms with Crippen molar-refractivity contribution >= 4 is 17.5 Å². The van der Waals surface area contributed by atoms with Crippen molar-refractivity contribution in [3.05, 3.63) is 53.6 Å². The minimum atomic E-state index is -0.339. The SMILES string of the molecule is CNC(=O)c1ccc(CN(C)[C@H](C)C(=O)Nc2ccc3c(c2)OCO3)cc1. The van der Waals surface area contributed by atoms with E-state index in [-0.39, 0.29) is 24.6 Å². The maximum atomic E-state index is 12.5. The molecule has 3 rings (SSSR count). The lowest BCUT2D eigenvalue weighted by Gasteiger charge is -2.24. The Balaban J connectivity index is 1.58. The van der Waals surface area contributed by atoms with Gasteiger partial charge in [-0.05, 0) is 43.8 Å². The summed E-state index contributed by atoms with van der Waals surface area (Å²) < 4.78 is 10.6. The van der Waals surface area contributed by atoms with Crippen LogP contribution in [0.15, 0.2) is 42.5 Å². The molecule has 2 aromatic rings. The van der Waals surface area contributed by atoms with Crippen LogP contribution in [0.4, 0.5) is 5.69 Å². The maximum Gasteiger partial charge on any atom is 0.251 e. The number of nitrogens with one attached hydrogen (secondary N) is 2.